The Morgan fingerprint density at radius 1 is 1.24 bits per heavy atom. The van der Waals surface area contributed by atoms with Crippen molar-refractivity contribution in [2.75, 3.05) is 18.5 Å². The van der Waals surface area contributed by atoms with E-state index in [1.165, 1.54) is 5.56 Å². The maximum Gasteiger partial charge on any atom is 0.161 e. The van der Waals surface area contributed by atoms with Crippen LogP contribution in [0.15, 0.2) is 30.3 Å². The van der Waals surface area contributed by atoms with Crippen LogP contribution < -0.4 is 5.32 Å². The maximum absolute atomic E-state index is 5.63. The molecule has 0 saturated carbocycles. The van der Waals surface area contributed by atoms with Gasteiger partial charge in [0.15, 0.2) is 5.82 Å². The molecular weight excluding hydrogens is 262 g/mol. The van der Waals surface area contributed by atoms with Crippen LogP contribution in [0.1, 0.15) is 24.1 Å². The molecule has 1 fully saturated rings. The van der Waals surface area contributed by atoms with Crippen molar-refractivity contribution < 1.29 is 4.74 Å². The molecule has 1 aromatic carbocycles. The highest BCUT2D eigenvalue weighted by atomic mass is 16.5. The molecule has 1 unspecified atom stereocenters. The van der Waals surface area contributed by atoms with Gasteiger partial charge in [-0.2, -0.15) is 0 Å². The first-order chi connectivity index (χ1) is 10.2. The minimum Gasteiger partial charge on any atom is -0.376 e. The highest BCUT2D eigenvalue weighted by Gasteiger charge is 2.15. The minimum absolute atomic E-state index is 0.308. The summed E-state index contributed by atoms with van der Waals surface area (Å²) in [6.07, 6.45) is 2.59. The largest absolute Gasteiger partial charge is 0.376 e. The van der Waals surface area contributed by atoms with Gasteiger partial charge in [0.2, 0.25) is 0 Å². The van der Waals surface area contributed by atoms with Gasteiger partial charge in [-0.25, -0.2) is 9.97 Å². The maximum atomic E-state index is 5.63. The lowest BCUT2D eigenvalue weighted by atomic mass is 10.1. The van der Waals surface area contributed by atoms with Gasteiger partial charge in [0, 0.05) is 30.5 Å². The summed E-state index contributed by atoms with van der Waals surface area (Å²) >= 11 is 0. The Morgan fingerprint density at radius 3 is 2.90 bits per heavy atom. The lowest BCUT2D eigenvalue weighted by Gasteiger charge is -2.12. The van der Waals surface area contributed by atoms with Crippen molar-refractivity contribution >= 4 is 5.82 Å². The Morgan fingerprint density at radius 2 is 2.14 bits per heavy atom. The number of nitrogens with zero attached hydrogens (tertiary/aromatic N) is 2. The van der Waals surface area contributed by atoms with E-state index in [2.05, 4.69) is 34.3 Å². The van der Waals surface area contributed by atoms with Crippen LogP contribution in [0, 0.1) is 13.8 Å². The molecule has 0 amide bonds. The van der Waals surface area contributed by atoms with Crippen molar-refractivity contribution in [2.24, 2.45) is 0 Å². The highest BCUT2D eigenvalue weighted by Crippen LogP contribution is 2.19. The van der Waals surface area contributed by atoms with E-state index in [1.54, 1.807) is 0 Å². The van der Waals surface area contributed by atoms with Crippen LogP contribution in [0.4, 0.5) is 5.82 Å². The third-order valence-electron chi connectivity index (χ3n) is 3.67. The van der Waals surface area contributed by atoms with Crippen molar-refractivity contribution in [3.63, 3.8) is 0 Å². The van der Waals surface area contributed by atoms with Crippen molar-refractivity contribution in [1.82, 2.24) is 9.97 Å². The molecule has 1 saturated heterocycles. The summed E-state index contributed by atoms with van der Waals surface area (Å²) < 4.78 is 5.63. The summed E-state index contributed by atoms with van der Waals surface area (Å²) in [7, 11) is 0. The molecule has 21 heavy (non-hydrogen) atoms. The highest BCUT2D eigenvalue weighted by molar-refractivity contribution is 5.58. The molecule has 4 heteroatoms. The molecule has 1 atom stereocenters. The first-order valence-electron chi connectivity index (χ1n) is 7.49. The number of rotatable bonds is 4. The monoisotopic (exact) mass is 283 g/mol. The average molecular weight is 283 g/mol. The number of hydrogen-bond acceptors (Lipinski definition) is 4. The van der Waals surface area contributed by atoms with Crippen LogP contribution in [0.2, 0.25) is 0 Å². The number of anilines is 1. The van der Waals surface area contributed by atoms with Gasteiger partial charge in [0.1, 0.15) is 5.82 Å². The van der Waals surface area contributed by atoms with Crippen LogP contribution in [0.3, 0.4) is 0 Å². The average Bonchev–Trinajstić information content (AvgIpc) is 2.98. The quantitative estimate of drug-likeness (QED) is 0.934. The topological polar surface area (TPSA) is 47.0 Å². The van der Waals surface area contributed by atoms with E-state index in [1.807, 2.05) is 25.1 Å². The van der Waals surface area contributed by atoms with Gasteiger partial charge in [-0.15, -0.1) is 0 Å². The van der Waals surface area contributed by atoms with Crippen LogP contribution in [-0.2, 0) is 4.74 Å². The molecular formula is C17H21N3O. The molecule has 4 nitrogen and oxygen atoms in total. The van der Waals surface area contributed by atoms with E-state index >= 15 is 0 Å². The summed E-state index contributed by atoms with van der Waals surface area (Å²) in [4.78, 5) is 9.17. The summed E-state index contributed by atoms with van der Waals surface area (Å²) in [6, 6.07) is 10.3. The molecule has 2 aromatic rings. The third-order valence-corrected chi connectivity index (χ3v) is 3.67. The van der Waals surface area contributed by atoms with Gasteiger partial charge in [-0.3, -0.25) is 0 Å². The summed E-state index contributed by atoms with van der Waals surface area (Å²) in [5.74, 6) is 1.64. The molecule has 1 aromatic heterocycles. The van der Waals surface area contributed by atoms with Crippen molar-refractivity contribution in [3.05, 3.63) is 41.6 Å². The molecule has 1 aliphatic heterocycles. The fourth-order valence-corrected chi connectivity index (χ4v) is 2.60. The molecule has 0 aliphatic carbocycles. The van der Waals surface area contributed by atoms with E-state index in [0.29, 0.717) is 6.10 Å². The fourth-order valence-electron chi connectivity index (χ4n) is 2.60. The zero-order chi connectivity index (χ0) is 14.7. The van der Waals surface area contributed by atoms with Gasteiger partial charge in [-0.05, 0) is 32.8 Å². The van der Waals surface area contributed by atoms with Crippen LogP contribution in [0.5, 0.6) is 0 Å². The Hall–Kier alpha value is -1.94. The second-order valence-corrected chi connectivity index (χ2v) is 5.60. The number of aromatic nitrogens is 2. The van der Waals surface area contributed by atoms with E-state index in [0.717, 1.165) is 48.9 Å². The van der Waals surface area contributed by atoms with Crippen LogP contribution >= 0.6 is 0 Å². The normalized spacial score (nSPS) is 17.9. The standard InChI is InChI=1S/C17H21N3O/c1-12-5-3-6-14(9-12)17-19-13(2)10-16(20-17)18-11-15-7-4-8-21-15/h3,5-6,9-10,15H,4,7-8,11H2,1-2H3,(H,18,19,20). The first-order valence-corrected chi connectivity index (χ1v) is 7.49. The van der Waals surface area contributed by atoms with E-state index < -0.39 is 0 Å². The molecule has 3 rings (SSSR count). The van der Waals surface area contributed by atoms with Crippen molar-refractivity contribution in [1.29, 1.82) is 0 Å². The Labute approximate surface area is 125 Å². The zero-order valence-electron chi connectivity index (χ0n) is 12.6. The van der Waals surface area contributed by atoms with Gasteiger partial charge in [0.05, 0.1) is 6.10 Å². The summed E-state index contributed by atoms with van der Waals surface area (Å²) in [6.45, 7) is 5.77. The number of aryl methyl sites for hydroxylation is 2. The first kappa shape index (κ1) is 14.0. The predicted octanol–water partition coefficient (Wildman–Crippen LogP) is 3.35. The van der Waals surface area contributed by atoms with Crippen molar-refractivity contribution in [3.8, 4) is 11.4 Å². The SMILES string of the molecule is Cc1cccc(-c2nc(C)cc(NCC3CCCO3)n2)c1. The van der Waals surface area contributed by atoms with Crippen molar-refractivity contribution in [2.45, 2.75) is 32.8 Å². The molecule has 0 spiro atoms. The fraction of sp³-hybridized carbons (Fsp3) is 0.412. The molecule has 1 aliphatic rings. The zero-order valence-corrected chi connectivity index (χ0v) is 12.6. The van der Waals surface area contributed by atoms with E-state index in [9.17, 15) is 0 Å². The number of ether oxygens (including phenoxy) is 1. The van der Waals surface area contributed by atoms with Gasteiger partial charge >= 0.3 is 0 Å². The van der Waals surface area contributed by atoms with Crippen LogP contribution in [0.25, 0.3) is 11.4 Å². The molecule has 1 N–H and O–H groups in total. The van der Waals surface area contributed by atoms with E-state index in [-0.39, 0.29) is 0 Å². The second kappa shape index (κ2) is 6.22. The summed E-state index contributed by atoms with van der Waals surface area (Å²) in [5.41, 5.74) is 3.24. The lowest BCUT2D eigenvalue weighted by Crippen LogP contribution is -2.19. The number of benzene rings is 1. The minimum atomic E-state index is 0.308. The number of nitrogens with one attached hydrogen (secondary N) is 1. The summed E-state index contributed by atoms with van der Waals surface area (Å²) in [5, 5.41) is 3.38. The third kappa shape index (κ3) is 3.58. The predicted molar refractivity (Wildman–Crippen MR) is 84.4 cm³/mol. The number of hydrogen-bond donors (Lipinski definition) is 1. The van der Waals surface area contributed by atoms with Gasteiger partial charge in [0.25, 0.3) is 0 Å². The molecule has 2 heterocycles. The van der Waals surface area contributed by atoms with Gasteiger partial charge < -0.3 is 10.1 Å². The van der Waals surface area contributed by atoms with Gasteiger partial charge in [-0.1, -0.05) is 23.8 Å². The van der Waals surface area contributed by atoms with E-state index in [4.69, 9.17) is 4.74 Å². The van der Waals surface area contributed by atoms with Crippen LogP contribution in [-0.4, -0.2) is 29.2 Å². The Bertz CT molecular complexity index is 621. The molecule has 0 radical (unpaired) electrons. The molecule has 110 valence electrons. The lowest BCUT2D eigenvalue weighted by molar-refractivity contribution is 0.120. The molecule has 0 bridgehead atoms. The Kier molecular flexibility index (Phi) is 4.15. The second-order valence-electron chi connectivity index (χ2n) is 5.60. The Balaban J connectivity index is 1.78. The smallest absolute Gasteiger partial charge is 0.161 e.